The lowest BCUT2D eigenvalue weighted by atomic mass is 9.84. The molecule has 2 aromatic carbocycles. The molecule has 3 aromatic rings. The normalized spacial score (nSPS) is 17.5. The summed E-state index contributed by atoms with van der Waals surface area (Å²) < 4.78 is 25.0. The van der Waals surface area contributed by atoms with E-state index in [2.05, 4.69) is 0 Å². The van der Waals surface area contributed by atoms with Gasteiger partial charge in [-0.05, 0) is 73.7 Å². The van der Waals surface area contributed by atoms with Gasteiger partial charge in [-0.15, -0.1) is 0 Å². The highest BCUT2D eigenvalue weighted by Crippen LogP contribution is 2.41. The summed E-state index contributed by atoms with van der Waals surface area (Å²) in [7, 11) is 0. The summed E-state index contributed by atoms with van der Waals surface area (Å²) in [6, 6.07) is 13.8. The number of amides is 1. The monoisotopic (exact) mass is 505 g/mol. The van der Waals surface area contributed by atoms with Gasteiger partial charge in [0, 0.05) is 17.7 Å². The number of hydrogen-bond acceptors (Lipinski definition) is 5. The van der Waals surface area contributed by atoms with Gasteiger partial charge in [-0.2, -0.15) is 0 Å². The van der Waals surface area contributed by atoms with Crippen LogP contribution < -0.4 is 4.74 Å². The number of benzene rings is 2. The van der Waals surface area contributed by atoms with E-state index in [1.807, 2.05) is 27.7 Å². The third-order valence-corrected chi connectivity index (χ3v) is 6.49. The molecule has 1 amide bonds. The first-order chi connectivity index (χ1) is 17.5. The Labute approximate surface area is 216 Å². The lowest BCUT2D eigenvalue weighted by Crippen LogP contribution is -2.31. The molecule has 37 heavy (non-hydrogen) atoms. The van der Waals surface area contributed by atoms with Crippen molar-refractivity contribution in [2.45, 2.75) is 52.5 Å². The summed E-state index contributed by atoms with van der Waals surface area (Å²) in [5.41, 5.74) is 1.79. The van der Waals surface area contributed by atoms with Gasteiger partial charge >= 0.3 is 0 Å². The van der Waals surface area contributed by atoms with E-state index in [0.717, 1.165) is 11.1 Å². The standard InChI is InChI=1S/C30H32FNO5/c1-6-36-23-14-10-20(17-22(23)30(3,4)5)27(33)25-26(24-13-7-18(2)37-24)32(29(35)28(25)34)16-15-19-8-11-21(31)12-9-19/h7-14,17,26,33H,6,15-16H2,1-5H3/b27-25-. The zero-order valence-corrected chi connectivity index (χ0v) is 21.8. The maximum atomic E-state index is 13.3. The molecule has 1 unspecified atom stereocenters. The molecule has 1 saturated heterocycles. The Balaban J connectivity index is 1.79. The lowest BCUT2D eigenvalue weighted by molar-refractivity contribution is -0.140. The summed E-state index contributed by atoms with van der Waals surface area (Å²) in [6.07, 6.45) is 0.404. The minimum absolute atomic E-state index is 0.0255. The molecule has 2 heterocycles. The third-order valence-electron chi connectivity index (χ3n) is 6.49. The van der Waals surface area contributed by atoms with Crippen LogP contribution in [0, 0.1) is 12.7 Å². The van der Waals surface area contributed by atoms with Crippen LogP contribution in [0.5, 0.6) is 5.75 Å². The number of aryl methyl sites for hydroxylation is 1. The molecule has 4 rings (SSSR count). The number of rotatable bonds is 7. The molecule has 7 heteroatoms. The van der Waals surface area contributed by atoms with Crippen molar-refractivity contribution in [3.05, 3.63) is 94.2 Å². The number of Topliss-reactive ketones (excluding diaryl/α,β-unsaturated/α-hetero) is 1. The third kappa shape index (κ3) is 5.31. The molecule has 1 fully saturated rings. The number of ketones is 1. The van der Waals surface area contributed by atoms with Crippen molar-refractivity contribution in [2.24, 2.45) is 0 Å². The van der Waals surface area contributed by atoms with Crippen molar-refractivity contribution < 1.29 is 28.2 Å². The molecule has 194 valence electrons. The van der Waals surface area contributed by atoms with Gasteiger partial charge in [0.1, 0.15) is 34.9 Å². The first-order valence-corrected chi connectivity index (χ1v) is 12.4. The zero-order chi connectivity index (χ0) is 26.9. The lowest BCUT2D eigenvalue weighted by Gasteiger charge is -2.25. The van der Waals surface area contributed by atoms with E-state index in [-0.39, 0.29) is 29.1 Å². The molecule has 0 aliphatic carbocycles. The van der Waals surface area contributed by atoms with Crippen LogP contribution in [0.25, 0.3) is 5.76 Å². The number of aliphatic hydroxyl groups excluding tert-OH is 1. The number of ether oxygens (including phenoxy) is 1. The Hall–Kier alpha value is -3.87. The number of halogens is 1. The van der Waals surface area contributed by atoms with Crippen LogP contribution in [-0.4, -0.2) is 34.8 Å². The van der Waals surface area contributed by atoms with Crippen LogP contribution in [0.15, 0.2) is 64.6 Å². The van der Waals surface area contributed by atoms with E-state index in [0.29, 0.717) is 35.9 Å². The maximum Gasteiger partial charge on any atom is 0.295 e. The number of hydrogen-bond donors (Lipinski definition) is 1. The van der Waals surface area contributed by atoms with Crippen molar-refractivity contribution in [2.75, 3.05) is 13.2 Å². The average molecular weight is 506 g/mol. The Kier molecular flexibility index (Phi) is 7.25. The predicted molar refractivity (Wildman–Crippen MR) is 139 cm³/mol. The second-order valence-corrected chi connectivity index (χ2v) is 10.2. The van der Waals surface area contributed by atoms with Crippen molar-refractivity contribution in [3.63, 3.8) is 0 Å². The van der Waals surface area contributed by atoms with E-state index in [1.54, 1.807) is 49.4 Å². The van der Waals surface area contributed by atoms with Gasteiger partial charge in [0.15, 0.2) is 0 Å². The molecule has 6 nitrogen and oxygen atoms in total. The largest absolute Gasteiger partial charge is 0.507 e. The van der Waals surface area contributed by atoms with Gasteiger partial charge in [-0.25, -0.2) is 4.39 Å². The van der Waals surface area contributed by atoms with Crippen molar-refractivity contribution in [1.29, 1.82) is 0 Å². The summed E-state index contributed by atoms with van der Waals surface area (Å²) in [5, 5.41) is 11.4. The molecule has 1 atom stereocenters. The first-order valence-electron chi connectivity index (χ1n) is 12.4. The van der Waals surface area contributed by atoms with E-state index >= 15 is 0 Å². The Morgan fingerprint density at radius 1 is 1.08 bits per heavy atom. The summed E-state index contributed by atoms with van der Waals surface area (Å²) in [4.78, 5) is 27.9. The summed E-state index contributed by atoms with van der Waals surface area (Å²) >= 11 is 0. The fraction of sp³-hybridized carbons (Fsp3) is 0.333. The van der Waals surface area contributed by atoms with Gasteiger partial charge in [0.05, 0.1) is 12.2 Å². The SMILES string of the molecule is CCOc1ccc(/C(O)=C2/C(=O)C(=O)N(CCc3ccc(F)cc3)C2c2ccc(C)o2)cc1C(C)(C)C. The van der Waals surface area contributed by atoms with E-state index in [4.69, 9.17) is 9.15 Å². The van der Waals surface area contributed by atoms with Gasteiger partial charge < -0.3 is 19.2 Å². The van der Waals surface area contributed by atoms with Gasteiger partial charge in [0.25, 0.3) is 11.7 Å². The Morgan fingerprint density at radius 2 is 1.78 bits per heavy atom. The predicted octanol–water partition coefficient (Wildman–Crippen LogP) is 6.09. The quantitative estimate of drug-likeness (QED) is 0.239. The van der Waals surface area contributed by atoms with Crippen molar-refractivity contribution in [3.8, 4) is 5.75 Å². The number of carbonyl (C=O) groups excluding carboxylic acids is 2. The number of aliphatic hydroxyl groups is 1. The molecule has 0 saturated carbocycles. The van der Waals surface area contributed by atoms with E-state index in [1.165, 1.54) is 17.0 Å². The zero-order valence-electron chi connectivity index (χ0n) is 21.8. The molecular weight excluding hydrogens is 473 g/mol. The van der Waals surface area contributed by atoms with Crippen LogP contribution >= 0.6 is 0 Å². The fourth-order valence-corrected chi connectivity index (χ4v) is 4.61. The van der Waals surface area contributed by atoms with Crippen molar-refractivity contribution in [1.82, 2.24) is 4.90 Å². The Bertz CT molecular complexity index is 1350. The topological polar surface area (TPSA) is 80.0 Å². The molecular formula is C30H32FNO5. The van der Waals surface area contributed by atoms with Gasteiger partial charge in [-0.1, -0.05) is 32.9 Å². The van der Waals surface area contributed by atoms with Gasteiger partial charge in [0.2, 0.25) is 0 Å². The van der Waals surface area contributed by atoms with E-state index in [9.17, 15) is 19.1 Å². The van der Waals surface area contributed by atoms with Crippen LogP contribution in [0.4, 0.5) is 4.39 Å². The molecule has 0 bridgehead atoms. The number of furan rings is 1. The molecule has 1 aliphatic heterocycles. The number of likely N-dealkylation sites (tertiary alicyclic amines) is 1. The molecule has 0 spiro atoms. The van der Waals surface area contributed by atoms with Crippen LogP contribution in [0.3, 0.4) is 0 Å². The van der Waals surface area contributed by atoms with Crippen molar-refractivity contribution >= 4 is 17.4 Å². The molecule has 0 radical (unpaired) electrons. The summed E-state index contributed by atoms with van der Waals surface area (Å²) in [5.74, 6) is -0.402. The molecule has 1 aliphatic rings. The smallest absolute Gasteiger partial charge is 0.295 e. The average Bonchev–Trinajstić information content (AvgIpc) is 3.38. The fourth-order valence-electron chi connectivity index (χ4n) is 4.61. The second kappa shape index (κ2) is 10.2. The maximum absolute atomic E-state index is 13.3. The minimum atomic E-state index is -0.890. The molecule has 1 N–H and O–H groups in total. The molecule has 1 aromatic heterocycles. The highest BCUT2D eigenvalue weighted by atomic mass is 19.1. The van der Waals surface area contributed by atoms with Gasteiger partial charge in [-0.3, -0.25) is 9.59 Å². The highest BCUT2D eigenvalue weighted by molar-refractivity contribution is 6.46. The number of carbonyl (C=O) groups is 2. The highest BCUT2D eigenvalue weighted by Gasteiger charge is 2.47. The van der Waals surface area contributed by atoms with E-state index < -0.39 is 17.7 Å². The van der Waals surface area contributed by atoms with Crippen LogP contribution in [0.2, 0.25) is 0 Å². The second-order valence-electron chi connectivity index (χ2n) is 10.2. The van der Waals surface area contributed by atoms with Crippen LogP contribution in [-0.2, 0) is 21.4 Å². The minimum Gasteiger partial charge on any atom is -0.507 e. The van der Waals surface area contributed by atoms with Crippen LogP contribution in [0.1, 0.15) is 61.9 Å². The summed E-state index contributed by atoms with van der Waals surface area (Å²) in [6.45, 7) is 10.5. The first kappa shape index (κ1) is 26.2. The Morgan fingerprint density at radius 3 is 2.38 bits per heavy atom. The number of nitrogens with zero attached hydrogens (tertiary/aromatic N) is 1.